The van der Waals surface area contributed by atoms with Crippen molar-refractivity contribution in [2.45, 2.75) is 38.6 Å². The summed E-state index contributed by atoms with van der Waals surface area (Å²) in [5, 5.41) is 3.20. The Kier molecular flexibility index (Phi) is 6.08. The first kappa shape index (κ1) is 18.6. The first-order valence-corrected chi connectivity index (χ1v) is 9.53. The van der Waals surface area contributed by atoms with E-state index in [2.05, 4.69) is 27.0 Å². The van der Waals surface area contributed by atoms with Crippen molar-refractivity contribution in [2.75, 3.05) is 37.6 Å². The van der Waals surface area contributed by atoms with Gasteiger partial charge in [-0.25, -0.2) is 0 Å². The topological polar surface area (TPSA) is 91.6 Å². The summed E-state index contributed by atoms with van der Waals surface area (Å²) in [4.78, 5) is 32.2. The molecule has 0 bridgehead atoms. The quantitative estimate of drug-likeness (QED) is 0.818. The standard InChI is InChI=1S/C19H29N5O2/c1-14-3-2-4-15(11-14)22-18(25)13-23-7-9-24(10-8-23)17-5-6-21-12-16(17)19(20)26/h5-6,12,14-15H,2-4,7-11,13H2,1H3,(H2,20,26)(H,22,25). The summed E-state index contributed by atoms with van der Waals surface area (Å²) in [6.45, 7) is 5.80. The average molecular weight is 359 g/mol. The van der Waals surface area contributed by atoms with Gasteiger partial charge in [0.1, 0.15) is 0 Å². The van der Waals surface area contributed by atoms with Crippen molar-refractivity contribution >= 4 is 17.5 Å². The number of carbonyl (C=O) groups is 2. The van der Waals surface area contributed by atoms with Gasteiger partial charge in [-0.3, -0.25) is 19.5 Å². The molecule has 1 saturated carbocycles. The Hall–Kier alpha value is -2.15. The van der Waals surface area contributed by atoms with E-state index >= 15 is 0 Å². The molecule has 1 aromatic rings. The summed E-state index contributed by atoms with van der Waals surface area (Å²) in [5.74, 6) is 0.369. The van der Waals surface area contributed by atoms with Crippen LogP contribution in [0.5, 0.6) is 0 Å². The number of nitrogens with two attached hydrogens (primary N) is 1. The van der Waals surface area contributed by atoms with Crippen molar-refractivity contribution in [1.29, 1.82) is 0 Å². The predicted octanol–water partition coefficient (Wildman–Crippen LogP) is 0.997. The third-order valence-corrected chi connectivity index (χ3v) is 5.45. The molecule has 2 atom stereocenters. The molecule has 3 rings (SSSR count). The van der Waals surface area contributed by atoms with Crippen LogP contribution in [0.2, 0.25) is 0 Å². The number of pyridine rings is 1. The van der Waals surface area contributed by atoms with Gasteiger partial charge in [-0.15, -0.1) is 0 Å². The first-order valence-electron chi connectivity index (χ1n) is 9.53. The number of piperazine rings is 1. The molecule has 2 amide bonds. The highest BCUT2D eigenvalue weighted by molar-refractivity contribution is 5.98. The summed E-state index contributed by atoms with van der Waals surface area (Å²) in [5.41, 5.74) is 6.72. The lowest BCUT2D eigenvalue weighted by atomic mass is 9.87. The van der Waals surface area contributed by atoms with Crippen LogP contribution in [-0.2, 0) is 4.79 Å². The molecule has 2 fully saturated rings. The van der Waals surface area contributed by atoms with Crippen LogP contribution in [0.3, 0.4) is 0 Å². The molecule has 2 aliphatic rings. The third kappa shape index (κ3) is 4.72. The molecule has 1 aromatic heterocycles. The summed E-state index contributed by atoms with van der Waals surface area (Å²) >= 11 is 0. The van der Waals surface area contributed by atoms with Crippen LogP contribution in [-0.4, -0.2) is 60.5 Å². The summed E-state index contributed by atoms with van der Waals surface area (Å²) in [7, 11) is 0. The fourth-order valence-electron chi connectivity index (χ4n) is 4.04. The van der Waals surface area contributed by atoms with Crippen LogP contribution in [0.1, 0.15) is 43.0 Å². The third-order valence-electron chi connectivity index (χ3n) is 5.45. The number of amides is 2. The number of aromatic nitrogens is 1. The molecule has 26 heavy (non-hydrogen) atoms. The molecule has 1 aliphatic heterocycles. The minimum absolute atomic E-state index is 0.124. The van der Waals surface area contributed by atoms with E-state index in [9.17, 15) is 9.59 Å². The highest BCUT2D eigenvalue weighted by Crippen LogP contribution is 2.23. The first-order chi connectivity index (χ1) is 12.5. The van der Waals surface area contributed by atoms with Crippen molar-refractivity contribution in [1.82, 2.24) is 15.2 Å². The Morgan fingerprint density at radius 1 is 1.27 bits per heavy atom. The van der Waals surface area contributed by atoms with Gasteiger partial charge in [0.15, 0.2) is 0 Å². The zero-order chi connectivity index (χ0) is 18.5. The number of primary amides is 1. The van der Waals surface area contributed by atoms with E-state index in [0.717, 1.165) is 44.7 Å². The fourth-order valence-corrected chi connectivity index (χ4v) is 4.04. The molecule has 0 spiro atoms. The number of carbonyl (C=O) groups excluding carboxylic acids is 2. The second-order valence-corrected chi connectivity index (χ2v) is 7.56. The molecule has 2 unspecified atom stereocenters. The van der Waals surface area contributed by atoms with E-state index in [1.54, 1.807) is 6.20 Å². The van der Waals surface area contributed by atoms with Gasteiger partial charge in [-0.2, -0.15) is 0 Å². The Balaban J connectivity index is 1.48. The lowest BCUT2D eigenvalue weighted by Crippen LogP contribution is -2.51. The second-order valence-electron chi connectivity index (χ2n) is 7.56. The molecule has 7 nitrogen and oxygen atoms in total. The van der Waals surface area contributed by atoms with Crippen LogP contribution >= 0.6 is 0 Å². The van der Waals surface area contributed by atoms with E-state index in [-0.39, 0.29) is 5.91 Å². The zero-order valence-electron chi connectivity index (χ0n) is 15.5. The molecule has 7 heteroatoms. The number of hydrogen-bond donors (Lipinski definition) is 2. The summed E-state index contributed by atoms with van der Waals surface area (Å²) < 4.78 is 0. The molecule has 3 N–H and O–H groups in total. The van der Waals surface area contributed by atoms with E-state index in [4.69, 9.17) is 5.73 Å². The van der Waals surface area contributed by atoms with Gasteiger partial charge in [0.2, 0.25) is 5.91 Å². The Morgan fingerprint density at radius 3 is 2.73 bits per heavy atom. The van der Waals surface area contributed by atoms with Gasteiger partial charge >= 0.3 is 0 Å². The van der Waals surface area contributed by atoms with Crippen LogP contribution < -0.4 is 16.0 Å². The molecule has 1 aliphatic carbocycles. The summed E-state index contributed by atoms with van der Waals surface area (Å²) in [6, 6.07) is 2.16. The van der Waals surface area contributed by atoms with E-state index in [1.165, 1.54) is 19.0 Å². The van der Waals surface area contributed by atoms with Gasteiger partial charge in [-0.1, -0.05) is 19.8 Å². The van der Waals surface area contributed by atoms with Crippen molar-refractivity contribution in [3.05, 3.63) is 24.0 Å². The predicted molar refractivity (Wildman–Crippen MR) is 101 cm³/mol. The summed E-state index contributed by atoms with van der Waals surface area (Å²) in [6.07, 6.45) is 7.87. The number of rotatable bonds is 5. The molecule has 0 aromatic carbocycles. The average Bonchev–Trinajstić information content (AvgIpc) is 2.62. The van der Waals surface area contributed by atoms with Gasteiger partial charge in [0.05, 0.1) is 17.8 Å². The molecular formula is C19H29N5O2. The number of anilines is 1. The molecule has 1 saturated heterocycles. The van der Waals surface area contributed by atoms with Crippen LogP contribution in [0.4, 0.5) is 5.69 Å². The van der Waals surface area contributed by atoms with Crippen molar-refractivity contribution in [2.24, 2.45) is 11.7 Å². The largest absolute Gasteiger partial charge is 0.368 e. The maximum atomic E-state index is 12.3. The molecular weight excluding hydrogens is 330 g/mol. The Labute approximate surface area is 154 Å². The van der Waals surface area contributed by atoms with Gasteiger partial charge in [0, 0.05) is 44.6 Å². The normalized spacial score (nSPS) is 24.3. The number of hydrogen-bond acceptors (Lipinski definition) is 5. The number of nitrogens with one attached hydrogen (secondary N) is 1. The van der Waals surface area contributed by atoms with E-state index in [1.807, 2.05) is 6.07 Å². The Morgan fingerprint density at radius 2 is 2.04 bits per heavy atom. The lowest BCUT2D eigenvalue weighted by Gasteiger charge is -2.36. The fraction of sp³-hybridized carbons (Fsp3) is 0.632. The van der Waals surface area contributed by atoms with Crippen LogP contribution in [0.25, 0.3) is 0 Å². The number of nitrogens with zero attached hydrogens (tertiary/aromatic N) is 3. The van der Waals surface area contributed by atoms with E-state index < -0.39 is 5.91 Å². The molecule has 0 radical (unpaired) electrons. The van der Waals surface area contributed by atoms with Gasteiger partial charge in [-0.05, 0) is 24.8 Å². The van der Waals surface area contributed by atoms with Crippen molar-refractivity contribution in [3.8, 4) is 0 Å². The van der Waals surface area contributed by atoms with Gasteiger partial charge in [0.25, 0.3) is 5.91 Å². The SMILES string of the molecule is CC1CCCC(NC(=O)CN2CCN(c3ccncc3C(N)=O)CC2)C1. The second kappa shape index (κ2) is 8.49. The zero-order valence-corrected chi connectivity index (χ0v) is 15.5. The monoisotopic (exact) mass is 359 g/mol. The maximum Gasteiger partial charge on any atom is 0.252 e. The molecule has 142 valence electrons. The molecule has 2 heterocycles. The lowest BCUT2D eigenvalue weighted by molar-refractivity contribution is -0.123. The van der Waals surface area contributed by atoms with Crippen LogP contribution in [0, 0.1) is 5.92 Å². The minimum Gasteiger partial charge on any atom is -0.368 e. The smallest absolute Gasteiger partial charge is 0.252 e. The van der Waals surface area contributed by atoms with Crippen molar-refractivity contribution in [3.63, 3.8) is 0 Å². The highest BCUT2D eigenvalue weighted by Gasteiger charge is 2.24. The minimum atomic E-state index is -0.461. The highest BCUT2D eigenvalue weighted by atomic mass is 16.2. The van der Waals surface area contributed by atoms with Crippen molar-refractivity contribution < 1.29 is 9.59 Å². The Bertz CT molecular complexity index is 643. The van der Waals surface area contributed by atoms with Gasteiger partial charge < -0.3 is 16.0 Å². The van der Waals surface area contributed by atoms with Crippen LogP contribution in [0.15, 0.2) is 18.5 Å². The maximum absolute atomic E-state index is 12.3. The van der Waals surface area contributed by atoms with E-state index in [0.29, 0.717) is 24.1 Å².